The third-order valence-corrected chi connectivity index (χ3v) is 4.47. The average Bonchev–Trinajstić information content (AvgIpc) is 3.08. The van der Waals surface area contributed by atoms with E-state index in [9.17, 15) is 5.11 Å². The second kappa shape index (κ2) is 4.67. The molecule has 0 aromatic carbocycles. The second-order valence-corrected chi connectivity index (χ2v) is 5.99. The van der Waals surface area contributed by atoms with Crippen molar-refractivity contribution in [2.24, 2.45) is 0 Å². The minimum atomic E-state index is -0.0548. The minimum absolute atomic E-state index is 0.0548. The van der Waals surface area contributed by atoms with Crippen LogP contribution in [0.1, 0.15) is 50.4 Å². The number of nitrogens with zero attached hydrogens (tertiary/aromatic N) is 2. The van der Waals surface area contributed by atoms with Crippen LogP contribution in [0.2, 0.25) is 0 Å². The summed E-state index contributed by atoms with van der Waals surface area (Å²) >= 11 is 0. The molecule has 0 bridgehead atoms. The first-order chi connectivity index (χ1) is 8.72. The highest BCUT2D eigenvalue weighted by Gasteiger charge is 2.40. The van der Waals surface area contributed by atoms with Crippen LogP contribution in [0.3, 0.4) is 0 Å². The first-order valence-electron chi connectivity index (χ1n) is 7.10. The van der Waals surface area contributed by atoms with Crippen LogP contribution in [0, 0.1) is 6.92 Å². The van der Waals surface area contributed by atoms with Crippen molar-refractivity contribution in [3.8, 4) is 0 Å². The Morgan fingerprint density at radius 3 is 2.94 bits per heavy atom. The first kappa shape index (κ1) is 12.2. The van der Waals surface area contributed by atoms with Gasteiger partial charge in [-0.25, -0.2) is 4.98 Å². The van der Waals surface area contributed by atoms with Crippen LogP contribution in [0.15, 0.2) is 12.4 Å². The number of rotatable bonds is 4. The summed E-state index contributed by atoms with van der Waals surface area (Å²) in [6, 6.07) is 1.14. The maximum Gasteiger partial charge on any atom is 0.105 e. The highest BCUT2D eigenvalue weighted by molar-refractivity contribution is 5.02. The third-order valence-electron chi connectivity index (χ3n) is 4.47. The van der Waals surface area contributed by atoms with E-state index in [0.717, 1.165) is 18.7 Å². The summed E-state index contributed by atoms with van der Waals surface area (Å²) in [5, 5.41) is 13.5. The van der Waals surface area contributed by atoms with Crippen LogP contribution in [0.4, 0.5) is 0 Å². The topological polar surface area (TPSA) is 50.1 Å². The van der Waals surface area contributed by atoms with Gasteiger partial charge in [0.15, 0.2) is 0 Å². The zero-order chi connectivity index (χ0) is 12.6. The summed E-state index contributed by atoms with van der Waals surface area (Å²) in [6.07, 6.45) is 11.0. The largest absolute Gasteiger partial charge is 0.394 e. The Bertz CT molecular complexity index is 413. The van der Waals surface area contributed by atoms with Gasteiger partial charge in [-0.2, -0.15) is 0 Å². The zero-order valence-electron chi connectivity index (χ0n) is 11.1. The maximum absolute atomic E-state index is 9.82. The molecule has 0 amide bonds. The van der Waals surface area contributed by atoms with Crippen LogP contribution < -0.4 is 5.32 Å². The van der Waals surface area contributed by atoms with Crippen LogP contribution in [0.5, 0.6) is 0 Å². The van der Waals surface area contributed by atoms with Crippen LogP contribution in [-0.2, 0) is 0 Å². The smallest absolute Gasteiger partial charge is 0.105 e. The fourth-order valence-corrected chi connectivity index (χ4v) is 3.32. The fraction of sp³-hybridized carbons (Fsp3) is 0.786. The van der Waals surface area contributed by atoms with Crippen LogP contribution in [0.25, 0.3) is 0 Å². The number of imidazole rings is 1. The summed E-state index contributed by atoms with van der Waals surface area (Å²) in [4.78, 5) is 4.32. The van der Waals surface area contributed by atoms with E-state index in [0.29, 0.717) is 12.1 Å². The molecule has 2 atom stereocenters. The van der Waals surface area contributed by atoms with E-state index in [1.165, 1.54) is 25.7 Å². The molecule has 0 spiro atoms. The molecular weight excluding hydrogens is 226 g/mol. The van der Waals surface area contributed by atoms with Crippen molar-refractivity contribution in [2.75, 3.05) is 6.61 Å². The molecule has 4 heteroatoms. The molecule has 3 rings (SSSR count). The van der Waals surface area contributed by atoms with Gasteiger partial charge in [-0.1, -0.05) is 0 Å². The molecule has 0 saturated heterocycles. The van der Waals surface area contributed by atoms with Crippen molar-refractivity contribution in [3.05, 3.63) is 18.2 Å². The Morgan fingerprint density at radius 2 is 2.33 bits per heavy atom. The summed E-state index contributed by atoms with van der Waals surface area (Å²) in [7, 11) is 0. The van der Waals surface area contributed by atoms with E-state index >= 15 is 0 Å². The van der Waals surface area contributed by atoms with E-state index in [1.54, 1.807) is 0 Å². The Hall–Kier alpha value is -0.870. The van der Waals surface area contributed by atoms with Gasteiger partial charge in [-0.05, 0) is 45.4 Å². The van der Waals surface area contributed by atoms with Gasteiger partial charge in [0.1, 0.15) is 5.82 Å². The molecule has 1 aromatic rings. The van der Waals surface area contributed by atoms with Gasteiger partial charge in [-0.15, -0.1) is 0 Å². The monoisotopic (exact) mass is 249 g/mol. The highest BCUT2D eigenvalue weighted by Crippen LogP contribution is 2.38. The fourth-order valence-electron chi connectivity index (χ4n) is 3.32. The Labute approximate surface area is 108 Å². The predicted molar refractivity (Wildman–Crippen MR) is 70.4 cm³/mol. The molecular formula is C14H23N3O. The molecule has 2 unspecified atom stereocenters. The van der Waals surface area contributed by atoms with E-state index in [4.69, 9.17) is 0 Å². The quantitative estimate of drug-likeness (QED) is 0.855. The van der Waals surface area contributed by atoms with Crippen molar-refractivity contribution < 1.29 is 5.11 Å². The number of hydrogen-bond acceptors (Lipinski definition) is 3. The van der Waals surface area contributed by atoms with Crippen molar-refractivity contribution in [3.63, 3.8) is 0 Å². The van der Waals surface area contributed by atoms with Gasteiger partial charge < -0.3 is 15.0 Å². The lowest BCUT2D eigenvalue weighted by atomic mass is 9.79. The molecule has 2 fully saturated rings. The van der Waals surface area contributed by atoms with E-state index < -0.39 is 0 Å². The van der Waals surface area contributed by atoms with Crippen LogP contribution >= 0.6 is 0 Å². The van der Waals surface area contributed by atoms with Gasteiger partial charge in [-0.3, -0.25) is 0 Å². The number of aryl methyl sites for hydroxylation is 1. The summed E-state index contributed by atoms with van der Waals surface area (Å²) in [6.45, 7) is 2.32. The second-order valence-electron chi connectivity index (χ2n) is 5.99. The number of aliphatic hydroxyl groups excluding tert-OH is 1. The summed E-state index contributed by atoms with van der Waals surface area (Å²) in [5.41, 5.74) is -0.0548. The SMILES string of the molecule is Cc1nccn1C1CCCC(CO)(NC2CC2)C1. The standard InChI is InChI=1S/C14H23N3O/c1-11-15-7-8-17(11)13-3-2-6-14(9-13,10-18)16-12-4-5-12/h7-8,12-13,16,18H,2-6,9-10H2,1H3. The maximum atomic E-state index is 9.82. The van der Waals surface area contributed by atoms with E-state index in [-0.39, 0.29) is 12.1 Å². The van der Waals surface area contributed by atoms with Crippen molar-refractivity contribution in [1.82, 2.24) is 14.9 Å². The normalized spacial score (nSPS) is 32.7. The number of aliphatic hydroxyl groups is 1. The van der Waals surface area contributed by atoms with Gasteiger partial charge in [0.2, 0.25) is 0 Å². The molecule has 2 aliphatic carbocycles. The highest BCUT2D eigenvalue weighted by atomic mass is 16.3. The number of hydrogen-bond donors (Lipinski definition) is 2. The molecule has 2 N–H and O–H groups in total. The van der Waals surface area contributed by atoms with Gasteiger partial charge in [0, 0.05) is 30.0 Å². The summed E-state index contributed by atoms with van der Waals surface area (Å²) in [5.74, 6) is 1.08. The van der Waals surface area contributed by atoms with Crippen molar-refractivity contribution >= 4 is 0 Å². The number of aromatic nitrogens is 2. The Morgan fingerprint density at radius 1 is 1.50 bits per heavy atom. The molecule has 1 heterocycles. The molecule has 1 aromatic heterocycles. The number of nitrogens with one attached hydrogen (secondary N) is 1. The van der Waals surface area contributed by atoms with Crippen molar-refractivity contribution in [2.45, 2.75) is 63.1 Å². The predicted octanol–water partition coefficient (Wildman–Crippen LogP) is 1.79. The van der Waals surface area contributed by atoms with Crippen molar-refractivity contribution in [1.29, 1.82) is 0 Å². The minimum Gasteiger partial charge on any atom is -0.394 e. The Balaban J connectivity index is 1.75. The molecule has 2 saturated carbocycles. The molecule has 100 valence electrons. The third kappa shape index (κ3) is 2.31. The average molecular weight is 249 g/mol. The molecule has 0 radical (unpaired) electrons. The molecule has 18 heavy (non-hydrogen) atoms. The molecule has 2 aliphatic rings. The lowest BCUT2D eigenvalue weighted by Crippen LogP contribution is -2.52. The lowest BCUT2D eigenvalue weighted by Gasteiger charge is -2.41. The Kier molecular flexibility index (Phi) is 3.16. The van der Waals surface area contributed by atoms with E-state index in [1.807, 2.05) is 6.20 Å². The lowest BCUT2D eigenvalue weighted by molar-refractivity contribution is 0.0954. The van der Waals surface area contributed by atoms with E-state index in [2.05, 4.69) is 28.0 Å². The van der Waals surface area contributed by atoms with Gasteiger partial charge >= 0.3 is 0 Å². The molecule has 0 aliphatic heterocycles. The van der Waals surface area contributed by atoms with Crippen LogP contribution in [-0.4, -0.2) is 32.8 Å². The van der Waals surface area contributed by atoms with Gasteiger partial charge in [0.05, 0.1) is 6.61 Å². The van der Waals surface area contributed by atoms with Gasteiger partial charge in [0.25, 0.3) is 0 Å². The first-order valence-corrected chi connectivity index (χ1v) is 7.10. The molecule has 4 nitrogen and oxygen atoms in total. The summed E-state index contributed by atoms with van der Waals surface area (Å²) < 4.78 is 2.28. The zero-order valence-corrected chi connectivity index (χ0v) is 11.1.